The Morgan fingerprint density at radius 2 is 2.00 bits per heavy atom. The third-order valence-corrected chi connectivity index (χ3v) is 4.62. The fraction of sp³-hybridized carbons (Fsp3) is 0.167. The van der Waals surface area contributed by atoms with Gasteiger partial charge in [0.15, 0.2) is 0 Å². The number of halogens is 2. The van der Waals surface area contributed by atoms with E-state index < -0.39 is 5.56 Å². The van der Waals surface area contributed by atoms with Gasteiger partial charge in [0.2, 0.25) is 0 Å². The van der Waals surface area contributed by atoms with E-state index in [2.05, 4.69) is 10.1 Å². The van der Waals surface area contributed by atoms with Crippen molar-refractivity contribution in [2.24, 2.45) is 0 Å². The summed E-state index contributed by atoms with van der Waals surface area (Å²) in [6.45, 7) is 2.46. The number of nitrogens with zero attached hydrogens (tertiary/aromatic N) is 4. The highest BCUT2D eigenvalue weighted by Crippen LogP contribution is 2.23. The first-order chi connectivity index (χ1) is 12.0. The van der Waals surface area contributed by atoms with Crippen molar-refractivity contribution in [2.75, 3.05) is 11.9 Å². The number of aryl methyl sites for hydroxylation is 1. The van der Waals surface area contributed by atoms with Crippen LogP contribution in [0.3, 0.4) is 0 Å². The fourth-order valence-corrected chi connectivity index (χ4v) is 2.89. The minimum absolute atomic E-state index is 0.109. The molecular formula is C18H16Cl2N4O. The monoisotopic (exact) mass is 374 g/mol. The summed E-state index contributed by atoms with van der Waals surface area (Å²) in [5.41, 5.74) is 2.68. The summed E-state index contributed by atoms with van der Waals surface area (Å²) in [4.78, 5) is 18.6. The zero-order valence-electron chi connectivity index (χ0n) is 13.8. The second-order valence-corrected chi connectivity index (χ2v) is 6.50. The van der Waals surface area contributed by atoms with Gasteiger partial charge in [0.05, 0.1) is 17.6 Å². The van der Waals surface area contributed by atoms with Crippen LogP contribution < -0.4 is 10.5 Å². The highest BCUT2D eigenvalue weighted by Gasteiger charge is 2.14. The van der Waals surface area contributed by atoms with Gasteiger partial charge in [-0.1, -0.05) is 35.3 Å². The lowest BCUT2D eigenvalue weighted by molar-refractivity contribution is 0.794. The van der Waals surface area contributed by atoms with Gasteiger partial charge in [-0.2, -0.15) is 9.78 Å². The molecule has 2 aromatic heterocycles. The summed E-state index contributed by atoms with van der Waals surface area (Å²) in [6.07, 6.45) is 5.06. The molecule has 7 heteroatoms. The van der Waals surface area contributed by atoms with Crippen LogP contribution in [-0.4, -0.2) is 21.8 Å². The molecule has 0 aliphatic heterocycles. The van der Waals surface area contributed by atoms with Crippen LogP contribution in [0, 0.1) is 6.92 Å². The van der Waals surface area contributed by atoms with Crippen molar-refractivity contribution >= 4 is 28.9 Å². The van der Waals surface area contributed by atoms with E-state index in [-0.39, 0.29) is 5.02 Å². The van der Waals surface area contributed by atoms with Gasteiger partial charge >= 0.3 is 0 Å². The lowest BCUT2D eigenvalue weighted by Gasteiger charge is -2.20. The predicted octanol–water partition coefficient (Wildman–Crippen LogP) is 3.88. The molecule has 0 radical (unpaired) electrons. The molecule has 1 aromatic carbocycles. The molecule has 2 heterocycles. The maximum atomic E-state index is 12.6. The first-order valence-corrected chi connectivity index (χ1v) is 8.37. The molecule has 0 aliphatic carbocycles. The molecule has 0 spiro atoms. The summed E-state index contributed by atoms with van der Waals surface area (Å²) in [5, 5.41) is 4.93. The van der Waals surface area contributed by atoms with Gasteiger partial charge < -0.3 is 4.90 Å². The molecule has 0 atom stereocenters. The maximum absolute atomic E-state index is 12.6. The van der Waals surface area contributed by atoms with Crippen molar-refractivity contribution in [3.05, 3.63) is 80.4 Å². The van der Waals surface area contributed by atoms with Gasteiger partial charge in [0.1, 0.15) is 5.02 Å². The molecule has 3 rings (SSSR count). The van der Waals surface area contributed by atoms with E-state index in [1.54, 1.807) is 30.7 Å². The smallest absolute Gasteiger partial charge is 0.292 e. The topological polar surface area (TPSA) is 51.0 Å². The molecule has 0 aliphatic rings. The van der Waals surface area contributed by atoms with Crippen LogP contribution in [0.25, 0.3) is 5.69 Å². The summed E-state index contributed by atoms with van der Waals surface area (Å²) in [5.74, 6) is 0. The van der Waals surface area contributed by atoms with E-state index in [0.717, 1.165) is 11.1 Å². The standard InChI is InChI=1S/C18H16Cl2N4O/c1-12-5-6-14(8-15(12)19)24-18(25)17(20)16(10-22-24)23(2)11-13-4-3-7-21-9-13/h3-10H,11H2,1-2H3. The van der Waals surface area contributed by atoms with Gasteiger partial charge in [-0.3, -0.25) is 9.78 Å². The van der Waals surface area contributed by atoms with E-state index >= 15 is 0 Å². The van der Waals surface area contributed by atoms with Crippen LogP contribution in [0.15, 0.2) is 53.7 Å². The highest BCUT2D eigenvalue weighted by molar-refractivity contribution is 6.33. The molecule has 128 valence electrons. The Hall–Kier alpha value is -2.37. The van der Waals surface area contributed by atoms with E-state index in [4.69, 9.17) is 23.2 Å². The van der Waals surface area contributed by atoms with Crippen molar-refractivity contribution in [3.8, 4) is 5.69 Å². The van der Waals surface area contributed by atoms with E-state index in [1.165, 1.54) is 4.68 Å². The second-order valence-electron chi connectivity index (χ2n) is 5.71. The Morgan fingerprint density at radius 3 is 2.68 bits per heavy atom. The number of rotatable bonds is 4. The van der Waals surface area contributed by atoms with Gasteiger partial charge in [0, 0.05) is 31.0 Å². The average molecular weight is 375 g/mol. The van der Waals surface area contributed by atoms with Gasteiger partial charge in [0.25, 0.3) is 5.56 Å². The zero-order chi connectivity index (χ0) is 18.0. The van der Waals surface area contributed by atoms with Crippen molar-refractivity contribution < 1.29 is 0 Å². The SMILES string of the molecule is Cc1ccc(-n2ncc(N(C)Cc3cccnc3)c(Cl)c2=O)cc1Cl. The predicted molar refractivity (Wildman–Crippen MR) is 101 cm³/mol. The maximum Gasteiger partial charge on any atom is 0.292 e. The van der Waals surface area contributed by atoms with Crippen LogP contribution in [0.1, 0.15) is 11.1 Å². The third kappa shape index (κ3) is 3.67. The van der Waals surface area contributed by atoms with Crippen LogP contribution in [0.2, 0.25) is 10.0 Å². The van der Waals surface area contributed by atoms with Gasteiger partial charge in [-0.15, -0.1) is 0 Å². The summed E-state index contributed by atoms with van der Waals surface area (Å²) in [6, 6.07) is 9.14. The van der Waals surface area contributed by atoms with Crippen molar-refractivity contribution in [1.29, 1.82) is 0 Å². The zero-order valence-corrected chi connectivity index (χ0v) is 15.3. The van der Waals surface area contributed by atoms with Crippen LogP contribution in [0.5, 0.6) is 0 Å². The van der Waals surface area contributed by atoms with Crippen LogP contribution in [0.4, 0.5) is 5.69 Å². The molecule has 0 bridgehead atoms. The molecule has 0 unspecified atom stereocenters. The van der Waals surface area contributed by atoms with E-state index in [1.807, 2.05) is 37.1 Å². The number of aromatic nitrogens is 3. The van der Waals surface area contributed by atoms with Crippen molar-refractivity contribution in [2.45, 2.75) is 13.5 Å². The van der Waals surface area contributed by atoms with Gasteiger partial charge in [-0.25, -0.2) is 0 Å². The molecule has 0 saturated heterocycles. The van der Waals surface area contributed by atoms with Gasteiger partial charge in [-0.05, 0) is 36.2 Å². The lowest BCUT2D eigenvalue weighted by Crippen LogP contribution is -2.26. The number of benzene rings is 1. The molecule has 0 N–H and O–H groups in total. The Morgan fingerprint density at radius 1 is 1.20 bits per heavy atom. The first kappa shape index (κ1) is 17.5. The summed E-state index contributed by atoms with van der Waals surface area (Å²) in [7, 11) is 1.85. The van der Waals surface area contributed by atoms with E-state index in [0.29, 0.717) is 22.9 Å². The largest absolute Gasteiger partial charge is 0.368 e. The molecule has 5 nitrogen and oxygen atoms in total. The minimum atomic E-state index is -0.392. The molecule has 3 aromatic rings. The fourth-order valence-electron chi connectivity index (χ4n) is 2.44. The molecule has 0 amide bonds. The van der Waals surface area contributed by atoms with Crippen LogP contribution >= 0.6 is 23.2 Å². The summed E-state index contributed by atoms with van der Waals surface area (Å²) >= 11 is 12.5. The molecule has 0 saturated carbocycles. The molecule has 25 heavy (non-hydrogen) atoms. The third-order valence-electron chi connectivity index (χ3n) is 3.85. The lowest BCUT2D eigenvalue weighted by atomic mass is 10.2. The first-order valence-electron chi connectivity index (χ1n) is 7.62. The molecule has 0 fully saturated rings. The average Bonchev–Trinajstić information content (AvgIpc) is 2.60. The number of anilines is 1. The Kier molecular flexibility index (Phi) is 5.06. The highest BCUT2D eigenvalue weighted by atomic mass is 35.5. The quantitative estimate of drug-likeness (QED) is 0.695. The Bertz CT molecular complexity index is 957. The van der Waals surface area contributed by atoms with Crippen molar-refractivity contribution in [1.82, 2.24) is 14.8 Å². The molecular weight excluding hydrogens is 359 g/mol. The van der Waals surface area contributed by atoms with Crippen LogP contribution in [-0.2, 0) is 6.54 Å². The minimum Gasteiger partial charge on any atom is -0.368 e. The van der Waals surface area contributed by atoms with Crippen molar-refractivity contribution in [3.63, 3.8) is 0 Å². The number of hydrogen-bond donors (Lipinski definition) is 0. The Labute approximate surface area is 155 Å². The second kappa shape index (κ2) is 7.25. The normalized spacial score (nSPS) is 10.7. The number of hydrogen-bond acceptors (Lipinski definition) is 4. The number of pyridine rings is 1. The summed E-state index contributed by atoms with van der Waals surface area (Å²) < 4.78 is 1.25. The Balaban J connectivity index is 1.95. The van der Waals surface area contributed by atoms with E-state index in [9.17, 15) is 4.79 Å².